The van der Waals surface area contributed by atoms with Crippen molar-refractivity contribution in [2.75, 3.05) is 52.5 Å². The number of cyclic esters (lactones) is 1. The average Bonchev–Trinajstić information content (AvgIpc) is 3.46. The van der Waals surface area contributed by atoms with E-state index >= 15 is 0 Å². The molecule has 7 atom stereocenters. The van der Waals surface area contributed by atoms with Gasteiger partial charge in [-0.1, -0.05) is 52.2 Å². The third-order valence-electron chi connectivity index (χ3n) is 12.4. The Morgan fingerprint density at radius 3 is 1.53 bits per heavy atom. The number of unbranched alkanes of at least 4 members (excludes halogenated alkanes) is 4. The molecule has 468 valence electrons. The number of aliphatic hydroxyl groups is 1. The summed E-state index contributed by atoms with van der Waals surface area (Å²) in [6.45, 7) is 3.95. The smallest absolute Gasteiger partial charge is 0.325 e. The number of nitrogens with one attached hydrogen (secondary N) is 10. The lowest BCUT2D eigenvalue weighted by atomic mass is 10.0. The van der Waals surface area contributed by atoms with Crippen molar-refractivity contribution in [2.45, 2.75) is 168 Å². The first-order chi connectivity index (χ1) is 39.1. The molecule has 0 bridgehead atoms. The lowest BCUT2D eigenvalue weighted by Crippen LogP contribution is -2.60. The molecule has 13 amide bonds. The maximum absolute atomic E-state index is 14.0. The maximum atomic E-state index is 14.0. The fourth-order valence-corrected chi connectivity index (χ4v) is 7.55. The highest BCUT2D eigenvalue weighted by Gasteiger charge is 2.34. The number of ether oxygens (including phenoxy) is 1. The van der Waals surface area contributed by atoms with Gasteiger partial charge in [-0.3, -0.25) is 82.7 Å². The Morgan fingerprint density at radius 2 is 1.02 bits per heavy atom. The van der Waals surface area contributed by atoms with E-state index in [9.17, 15) is 87.9 Å². The van der Waals surface area contributed by atoms with Crippen LogP contribution in [-0.2, 0) is 71.9 Å². The summed E-state index contributed by atoms with van der Waals surface area (Å²) in [5.41, 5.74) is 0. The molecule has 1 aliphatic rings. The van der Waals surface area contributed by atoms with Crippen molar-refractivity contribution in [2.24, 2.45) is 5.92 Å². The Labute approximate surface area is 480 Å². The Morgan fingerprint density at radius 1 is 0.566 bits per heavy atom. The Bertz CT molecular complexity index is 2270. The molecule has 1 saturated heterocycles. The van der Waals surface area contributed by atoms with Crippen molar-refractivity contribution in [3.63, 3.8) is 0 Å². The number of rotatable bonds is 22. The van der Waals surface area contributed by atoms with Crippen LogP contribution in [0.2, 0.25) is 0 Å². The summed E-state index contributed by atoms with van der Waals surface area (Å²) in [6, 6.07) is -11.0. The lowest BCUT2D eigenvalue weighted by Gasteiger charge is -2.27. The van der Waals surface area contributed by atoms with Crippen LogP contribution in [0.4, 0.5) is 0 Å². The van der Waals surface area contributed by atoms with Crippen molar-refractivity contribution >= 4 is 82.8 Å². The molecule has 0 saturated carbocycles. The number of allylic oxidation sites excluding steroid dienone is 1. The average molecular weight is 1180 g/mol. The van der Waals surface area contributed by atoms with Crippen LogP contribution in [0, 0.1) is 5.92 Å². The van der Waals surface area contributed by atoms with Crippen LogP contribution in [0.3, 0.4) is 0 Å². The fourth-order valence-electron chi connectivity index (χ4n) is 7.55. The first kappa shape index (κ1) is 73.2. The number of aliphatic hydroxyl groups excluding tert-OH is 1. The van der Waals surface area contributed by atoms with E-state index in [4.69, 9.17) is 4.74 Å². The molecule has 1 rings (SSSR count). The van der Waals surface area contributed by atoms with Crippen LogP contribution in [0.15, 0.2) is 12.2 Å². The molecule has 1 heterocycles. The van der Waals surface area contributed by atoms with E-state index < -0.39 is 164 Å². The standard InChI is InChI=1S/C51H85N13O19/c1-8-9-10-11-12-13-14-21-40(69)57-39-29-83-43(72)27-54-46(74)35(18-15-22-62(80)32(5)66)56-41(70)25-52-45(73)31(4)55-48(76)37(20-17-24-64(82)34(7)68)59-49(77)38(28-65)60-51(79)44(30(2)3)61-42(71)26-53-47(75)36(58-50(39)78)19-16-23-63(81)33(6)67/h13-14,30-31,35-39,44,65,80-82H,8-12,15-29H2,1-7H3,(H,52,73)(H,53,75)(H,54,74)(H,55,76)(H,56,70)(H,57,69)(H,58,78)(H,59,77)(H,60,79)(H,61,71)/b14-13-/t31-,35?,36?,37?,38+,39-,44-/m1/s1. The van der Waals surface area contributed by atoms with Gasteiger partial charge >= 0.3 is 5.97 Å². The molecule has 1 fully saturated rings. The maximum Gasteiger partial charge on any atom is 0.325 e. The van der Waals surface area contributed by atoms with Gasteiger partial charge in [0.05, 0.1) is 19.7 Å². The molecule has 0 radical (unpaired) electrons. The highest BCUT2D eigenvalue weighted by atomic mass is 16.5. The number of amides is 13. The number of hydrogen-bond acceptors (Lipinski definition) is 19. The van der Waals surface area contributed by atoms with Crippen LogP contribution in [-0.4, -0.2) is 213 Å². The predicted octanol–water partition coefficient (Wildman–Crippen LogP) is -4.08. The van der Waals surface area contributed by atoms with Crippen molar-refractivity contribution in [3.8, 4) is 0 Å². The number of carbonyl (C=O) groups is 14. The van der Waals surface area contributed by atoms with Crippen LogP contribution in [0.1, 0.15) is 126 Å². The van der Waals surface area contributed by atoms with E-state index in [1.807, 2.05) is 0 Å². The SMILES string of the molecule is CCCCCC/C=C\CC(=O)N[C@@H]1COC(=O)CNC(=O)C(CCCN(O)C(C)=O)NC(=O)CNC(=O)[C@@H](C)NC(=O)C(CCCN(O)C(C)=O)NC(=O)[C@H](CO)NC(=O)[C@@H](C(C)C)NC(=O)CNC(=O)C(CCCN(O)C(C)=O)NC1=O. The van der Waals surface area contributed by atoms with Gasteiger partial charge in [-0.25, -0.2) is 15.2 Å². The van der Waals surface area contributed by atoms with E-state index in [0.29, 0.717) is 21.6 Å². The minimum Gasteiger partial charge on any atom is -0.462 e. The summed E-state index contributed by atoms with van der Waals surface area (Å²) in [6.07, 6.45) is 6.38. The molecule has 83 heavy (non-hydrogen) atoms. The van der Waals surface area contributed by atoms with Crippen LogP contribution in [0.25, 0.3) is 0 Å². The van der Waals surface area contributed by atoms with Gasteiger partial charge in [-0.05, 0) is 64.2 Å². The van der Waals surface area contributed by atoms with Gasteiger partial charge in [0.25, 0.3) is 0 Å². The summed E-state index contributed by atoms with van der Waals surface area (Å²) in [4.78, 5) is 183. The molecule has 0 aromatic heterocycles. The normalized spacial score (nSPS) is 21.9. The van der Waals surface area contributed by atoms with Gasteiger partial charge in [0.2, 0.25) is 76.8 Å². The first-order valence-corrected chi connectivity index (χ1v) is 27.4. The van der Waals surface area contributed by atoms with Gasteiger partial charge in [-0.2, -0.15) is 0 Å². The molecular weight excluding hydrogens is 1100 g/mol. The van der Waals surface area contributed by atoms with E-state index in [-0.39, 0.29) is 64.6 Å². The highest BCUT2D eigenvalue weighted by molar-refractivity contribution is 5.98. The molecule has 32 nitrogen and oxygen atoms in total. The van der Waals surface area contributed by atoms with Crippen molar-refractivity contribution in [1.82, 2.24) is 68.4 Å². The van der Waals surface area contributed by atoms with Crippen LogP contribution in [0.5, 0.6) is 0 Å². The Kier molecular flexibility index (Phi) is 34.9. The van der Waals surface area contributed by atoms with Gasteiger partial charge in [0, 0.05) is 46.8 Å². The topological polar surface area (TPSA) is 459 Å². The van der Waals surface area contributed by atoms with Gasteiger partial charge < -0.3 is 63.0 Å². The second-order valence-corrected chi connectivity index (χ2v) is 19.8. The summed E-state index contributed by atoms with van der Waals surface area (Å²) in [5.74, 6) is -14.1. The van der Waals surface area contributed by atoms with Crippen molar-refractivity contribution in [3.05, 3.63) is 12.2 Å². The molecule has 3 unspecified atom stereocenters. The van der Waals surface area contributed by atoms with Crippen LogP contribution < -0.4 is 53.2 Å². The third-order valence-corrected chi connectivity index (χ3v) is 12.4. The third kappa shape index (κ3) is 30.2. The highest BCUT2D eigenvalue weighted by Crippen LogP contribution is 2.08. The van der Waals surface area contributed by atoms with Crippen LogP contribution >= 0.6 is 0 Å². The summed E-state index contributed by atoms with van der Waals surface area (Å²) < 4.78 is 5.29. The molecule has 0 aromatic carbocycles. The second kappa shape index (κ2) is 39.6. The summed E-state index contributed by atoms with van der Waals surface area (Å²) >= 11 is 0. The fraction of sp³-hybridized carbons (Fsp3) is 0.686. The monoisotopic (exact) mass is 1180 g/mol. The lowest BCUT2D eigenvalue weighted by molar-refractivity contribution is -0.163. The van der Waals surface area contributed by atoms with E-state index in [0.717, 1.165) is 46.5 Å². The molecule has 14 N–H and O–H groups in total. The van der Waals surface area contributed by atoms with Gasteiger partial charge in [0.1, 0.15) is 55.4 Å². The molecule has 0 aromatic rings. The zero-order valence-electron chi connectivity index (χ0n) is 48.2. The van der Waals surface area contributed by atoms with E-state index in [1.54, 1.807) is 12.2 Å². The Hall–Kier alpha value is -7.84. The molecular formula is C51H85N13O19. The molecule has 32 heteroatoms. The number of carbonyl (C=O) groups excluding carboxylic acids is 14. The second-order valence-electron chi connectivity index (χ2n) is 19.8. The zero-order valence-corrected chi connectivity index (χ0v) is 48.2. The minimum absolute atomic E-state index is 0.104. The number of hydroxylamine groups is 6. The van der Waals surface area contributed by atoms with Gasteiger partial charge in [-0.15, -0.1) is 0 Å². The number of hydrogen-bond donors (Lipinski definition) is 14. The van der Waals surface area contributed by atoms with E-state index in [2.05, 4.69) is 60.1 Å². The quantitative estimate of drug-likeness (QED) is 0.0161. The molecule has 0 spiro atoms. The first-order valence-electron chi connectivity index (χ1n) is 27.4. The van der Waals surface area contributed by atoms with Gasteiger partial charge in [0.15, 0.2) is 0 Å². The summed E-state index contributed by atoms with van der Waals surface area (Å²) in [5, 5.41) is 64.6. The Balaban J connectivity index is 3.79. The van der Waals surface area contributed by atoms with Crippen molar-refractivity contribution < 1.29 is 92.6 Å². The molecule has 0 aliphatic carbocycles. The van der Waals surface area contributed by atoms with E-state index in [1.165, 1.54) is 20.8 Å². The summed E-state index contributed by atoms with van der Waals surface area (Å²) in [7, 11) is 0. The largest absolute Gasteiger partial charge is 0.462 e. The minimum atomic E-state index is -1.79. The zero-order chi connectivity index (χ0) is 62.8. The predicted molar refractivity (Wildman–Crippen MR) is 289 cm³/mol. The molecule has 1 aliphatic heterocycles. The number of esters is 1. The van der Waals surface area contributed by atoms with Crippen molar-refractivity contribution in [1.29, 1.82) is 0 Å². The number of nitrogens with zero attached hydrogens (tertiary/aromatic N) is 3.